The van der Waals surface area contributed by atoms with Gasteiger partial charge < -0.3 is 5.11 Å². The van der Waals surface area contributed by atoms with Crippen molar-refractivity contribution in [2.45, 2.75) is 188 Å². The van der Waals surface area contributed by atoms with E-state index in [-0.39, 0.29) is 7.43 Å². The molecule has 0 fully saturated rings. The van der Waals surface area contributed by atoms with Crippen LogP contribution in [0.25, 0.3) is 0 Å². The predicted octanol–water partition coefficient (Wildman–Crippen LogP) is 11.2. The molecule has 31 heavy (non-hydrogen) atoms. The van der Waals surface area contributed by atoms with Crippen molar-refractivity contribution in [3.8, 4) is 0 Å². The third kappa shape index (κ3) is 32.2. The van der Waals surface area contributed by atoms with Crippen molar-refractivity contribution in [2.75, 3.05) is 6.61 Å². The Labute approximate surface area is 199 Å². The van der Waals surface area contributed by atoms with E-state index in [1.165, 1.54) is 167 Å². The fourth-order valence-electron chi connectivity index (χ4n) is 4.60. The second-order valence-electron chi connectivity index (χ2n) is 9.92. The number of aliphatic hydroxyl groups is 1. The van der Waals surface area contributed by atoms with Gasteiger partial charge in [0.25, 0.3) is 0 Å². The Morgan fingerprint density at radius 3 is 0.613 bits per heavy atom. The van der Waals surface area contributed by atoms with Gasteiger partial charge in [-0.1, -0.05) is 181 Å². The van der Waals surface area contributed by atoms with E-state index in [1.54, 1.807) is 0 Å². The maximum atomic E-state index is 8.75. The Morgan fingerprint density at radius 1 is 0.290 bits per heavy atom. The maximum Gasteiger partial charge on any atom is 0.0431 e. The first-order valence-electron chi connectivity index (χ1n) is 14.5. The summed E-state index contributed by atoms with van der Waals surface area (Å²) in [5.74, 6) is 0. The standard InChI is InChI=1S/C29H60O.CH4/c1-2-3-4-5-6-7-8-9-10-11-12-13-14-15-16-17-18-19-20-21-22-23-24-25-26-27-28-29-30;/h30H,2-29H2,1H3;1H4. The van der Waals surface area contributed by atoms with E-state index in [0.717, 1.165) is 6.42 Å². The van der Waals surface area contributed by atoms with Crippen molar-refractivity contribution in [2.24, 2.45) is 0 Å². The van der Waals surface area contributed by atoms with Crippen LogP contribution in [-0.2, 0) is 0 Å². The molecule has 0 aliphatic heterocycles. The molecule has 0 unspecified atom stereocenters. The number of aliphatic hydroxyl groups excluding tert-OH is 1. The number of unbranched alkanes of at least 4 members (excludes halogenated alkanes) is 26. The van der Waals surface area contributed by atoms with Crippen molar-refractivity contribution in [1.29, 1.82) is 0 Å². The van der Waals surface area contributed by atoms with Gasteiger partial charge in [0.15, 0.2) is 0 Å². The first-order chi connectivity index (χ1) is 14.9. The summed E-state index contributed by atoms with van der Waals surface area (Å²) in [6, 6.07) is 0. The third-order valence-electron chi connectivity index (χ3n) is 6.76. The Bertz CT molecular complexity index is 248. The van der Waals surface area contributed by atoms with Gasteiger partial charge >= 0.3 is 0 Å². The van der Waals surface area contributed by atoms with Gasteiger partial charge in [0.1, 0.15) is 0 Å². The molecule has 190 valence electrons. The molecule has 0 atom stereocenters. The summed E-state index contributed by atoms with van der Waals surface area (Å²) < 4.78 is 0. The minimum absolute atomic E-state index is 0. The summed E-state index contributed by atoms with van der Waals surface area (Å²) in [6.45, 7) is 2.68. The molecule has 0 rings (SSSR count). The Kier molecular flexibility index (Phi) is 34.4. The van der Waals surface area contributed by atoms with Crippen molar-refractivity contribution >= 4 is 0 Å². The summed E-state index contributed by atoms with van der Waals surface area (Å²) >= 11 is 0. The molecular weight excluding hydrogens is 376 g/mol. The second-order valence-corrected chi connectivity index (χ2v) is 9.92. The highest BCUT2D eigenvalue weighted by Crippen LogP contribution is 2.16. The minimum atomic E-state index is 0. The lowest BCUT2D eigenvalue weighted by Crippen LogP contribution is -1.85. The zero-order chi connectivity index (χ0) is 21.8. The summed E-state index contributed by atoms with van der Waals surface area (Å²) in [5, 5.41) is 8.75. The van der Waals surface area contributed by atoms with Crippen LogP contribution in [0.5, 0.6) is 0 Å². The third-order valence-corrected chi connectivity index (χ3v) is 6.76. The van der Waals surface area contributed by atoms with Crippen LogP contribution < -0.4 is 0 Å². The minimum Gasteiger partial charge on any atom is -0.396 e. The summed E-state index contributed by atoms with van der Waals surface area (Å²) in [4.78, 5) is 0. The molecule has 0 heterocycles. The van der Waals surface area contributed by atoms with Gasteiger partial charge in [0, 0.05) is 6.61 Å². The highest BCUT2D eigenvalue weighted by molar-refractivity contribution is 4.52. The molecule has 0 spiro atoms. The molecule has 0 aliphatic carbocycles. The van der Waals surface area contributed by atoms with Crippen LogP contribution in [0.3, 0.4) is 0 Å². The van der Waals surface area contributed by atoms with E-state index >= 15 is 0 Å². The number of hydrogen-bond donors (Lipinski definition) is 1. The van der Waals surface area contributed by atoms with Crippen LogP contribution in [0.1, 0.15) is 188 Å². The van der Waals surface area contributed by atoms with E-state index in [0.29, 0.717) is 6.61 Å². The van der Waals surface area contributed by atoms with Crippen LogP contribution in [-0.4, -0.2) is 11.7 Å². The van der Waals surface area contributed by atoms with Crippen LogP contribution in [0.4, 0.5) is 0 Å². The van der Waals surface area contributed by atoms with Crippen molar-refractivity contribution in [1.82, 2.24) is 0 Å². The summed E-state index contributed by atoms with van der Waals surface area (Å²) in [5.41, 5.74) is 0. The van der Waals surface area contributed by atoms with E-state index in [1.807, 2.05) is 0 Å². The molecule has 0 radical (unpaired) electrons. The van der Waals surface area contributed by atoms with Gasteiger partial charge in [0.05, 0.1) is 0 Å². The lowest BCUT2D eigenvalue weighted by molar-refractivity contribution is 0.282. The second kappa shape index (κ2) is 32.1. The van der Waals surface area contributed by atoms with Gasteiger partial charge in [0.2, 0.25) is 0 Å². The monoisotopic (exact) mass is 440 g/mol. The van der Waals surface area contributed by atoms with Gasteiger partial charge in [-0.05, 0) is 6.42 Å². The average molecular weight is 441 g/mol. The van der Waals surface area contributed by atoms with Crippen LogP contribution in [0, 0.1) is 0 Å². The fraction of sp³-hybridized carbons (Fsp3) is 1.00. The van der Waals surface area contributed by atoms with Crippen LogP contribution >= 0.6 is 0 Å². The van der Waals surface area contributed by atoms with E-state index < -0.39 is 0 Å². The fourth-order valence-corrected chi connectivity index (χ4v) is 4.60. The molecule has 0 amide bonds. The zero-order valence-corrected chi connectivity index (χ0v) is 21.2. The molecule has 0 aromatic heterocycles. The molecule has 0 bridgehead atoms. The normalized spacial score (nSPS) is 11.0. The van der Waals surface area contributed by atoms with Crippen molar-refractivity contribution < 1.29 is 5.11 Å². The molecule has 0 aromatic rings. The van der Waals surface area contributed by atoms with Gasteiger partial charge in [-0.25, -0.2) is 0 Å². The Morgan fingerprint density at radius 2 is 0.452 bits per heavy atom. The lowest BCUT2D eigenvalue weighted by atomic mass is 10.0. The van der Waals surface area contributed by atoms with Gasteiger partial charge in [-0.15, -0.1) is 0 Å². The largest absolute Gasteiger partial charge is 0.396 e. The van der Waals surface area contributed by atoms with Crippen LogP contribution in [0.2, 0.25) is 0 Å². The van der Waals surface area contributed by atoms with E-state index in [9.17, 15) is 0 Å². The van der Waals surface area contributed by atoms with Crippen molar-refractivity contribution in [3.05, 3.63) is 0 Å². The lowest BCUT2D eigenvalue weighted by Gasteiger charge is -2.04. The number of hydrogen-bond acceptors (Lipinski definition) is 1. The van der Waals surface area contributed by atoms with Crippen LogP contribution in [0.15, 0.2) is 0 Å². The molecule has 0 aromatic carbocycles. The molecule has 1 heteroatoms. The molecule has 1 N–H and O–H groups in total. The zero-order valence-electron chi connectivity index (χ0n) is 21.2. The first kappa shape index (κ1) is 33.1. The molecule has 0 saturated heterocycles. The predicted molar refractivity (Wildman–Crippen MR) is 144 cm³/mol. The van der Waals surface area contributed by atoms with Gasteiger partial charge in [-0.3, -0.25) is 0 Å². The van der Waals surface area contributed by atoms with E-state index in [2.05, 4.69) is 6.92 Å². The number of rotatable bonds is 27. The summed E-state index contributed by atoms with van der Waals surface area (Å²) in [7, 11) is 0. The van der Waals surface area contributed by atoms with Gasteiger partial charge in [-0.2, -0.15) is 0 Å². The molecule has 0 aliphatic rings. The molecular formula is C30H64O. The first-order valence-corrected chi connectivity index (χ1v) is 14.5. The quantitative estimate of drug-likeness (QED) is 0.126. The highest BCUT2D eigenvalue weighted by Gasteiger charge is 1.96. The highest BCUT2D eigenvalue weighted by atomic mass is 16.2. The topological polar surface area (TPSA) is 20.2 Å². The SMILES string of the molecule is C.CCCCCCCCCCCCCCCCCCCCCCCCCCCCCO. The van der Waals surface area contributed by atoms with Crippen molar-refractivity contribution in [3.63, 3.8) is 0 Å². The van der Waals surface area contributed by atoms with E-state index in [4.69, 9.17) is 5.11 Å². The Hall–Kier alpha value is -0.0400. The maximum absolute atomic E-state index is 8.75. The molecule has 0 saturated carbocycles. The average Bonchev–Trinajstić information content (AvgIpc) is 2.76. The smallest absolute Gasteiger partial charge is 0.0431 e. The molecule has 1 nitrogen and oxygen atoms in total. The summed E-state index contributed by atoms with van der Waals surface area (Å²) in [6.07, 6.45) is 38.6. The Balaban J connectivity index is 0.